The molecule has 1 unspecified atom stereocenters. The Bertz CT molecular complexity index is 711. The van der Waals surface area contributed by atoms with E-state index in [1.165, 1.54) is 24.3 Å². The van der Waals surface area contributed by atoms with Gasteiger partial charge < -0.3 is 20.8 Å². The first kappa shape index (κ1) is 19.7. The largest absolute Gasteiger partial charge is 0.508 e. The molecule has 1 aromatic rings. The summed E-state index contributed by atoms with van der Waals surface area (Å²) in [6.45, 7) is 1.31. The van der Waals surface area contributed by atoms with Crippen LogP contribution in [0.1, 0.15) is 24.6 Å². The maximum atomic E-state index is 12.6. The Morgan fingerprint density at radius 2 is 2.08 bits per heavy atom. The molecule has 3 atom stereocenters. The number of hydrogen-bond donors (Lipinski definition) is 4. The second-order valence-electron chi connectivity index (χ2n) is 6.16. The summed E-state index contributed by atoms with van der Waals surface area (Å²) in [5.74, 6) is -1.96. The number of carboxylic acids is 1. The van der Waals surface area contributed by atoms with Crippen molar-refractivity contribution < 1.29 is 24.6 Å². The molecule has 0 fully saturated rings. The Hall–Kier alpha value is -2.61. The summed E-state index contributed by atoms with van der Waals surface area (Å²) >= 11 is 1.46. The molecule has 0 bridgehead atoms. The number of allylic oxidation sites excluding steroid dienone is 3. The van der Waals surface area contributed by atoms with Crippen LogP contribution in [0.25, 0.3) is 0 Å². The first-order chi connectivity index (χ1) is 12.3. The highest BCUT2D eigenvalue weighted by atomic mass is 32.1. The molecule has 26 heavy (non-hydrogen) atoms. The predicted octanol–water partition coefficient (Wildman–Crippen LogP) is 1.77. The molecule has 4 N–H and O–H groups in total. The minimum atomic E-state index is -1.14. The Balaban J connectivity index is 2.02. The van der Waals surface area contributed by atoms with E-state index in [-0.39, 0.29) is 24.0 Å². The van der Waals surface area contributed by atoms with Crippen LogP contribution >= 0.6 is 11.3 Å². The van der Waals surface area contributed by atoms with Gasteiger partial charge in [0.05, 0.1) is 0 Å². The zero-order chi connectivity index (χ0) is 19.1. The summed E-state index contributed by atoms with van der Waals surface area (Å²) in [4.78, 5) is 36.4. The number of aliphatic carboxylic acids is 1. The van der Waals surface area contributed by atoms with Crippen molar-refractivity contribution in [3.05, 3.63) is 46.4 Å². The molecule has 0 aromatic carbocycles. The average molecular weight is 378 g/mol. The highest BCUT2D eigenvalue weighted by Crippen LogP contribution is 2.20. The molecule has 1 aliphatic carbocycles. The number of carbonyl (C=O) groups is 3. The molecule has 7 nitrogen and oxygen atoms in total. The van der Waals surface area contributed by atoms with Gasteiger partial charge in [-0.1, -0.05) is 12.1 Å². The van der Waals surface area contributed by atoms with Crippen molar-refractivity contribution in [2.45, 2.75) is 38.3 Å². The van der Waals surface area contributed by atoms with Crippen molar-refractivity contribution in [2.75, 3.05) is 0 Å². The molecule has 1 aromatic heterocycles. The van der Waals surface area contributed by atoms with Gasteiger partial charge in [-0.25, -0.2) is 4.79 Å². The van der Waals surface area contributed by atoms with Gasteiger partial charge in [-0.2, -0.15) is 0 Å². The summed E-state index contributed by atoms with van der Waals surface area (Å²) in [7, 11) is 0. The third-order valence-electron chi connectivity index (χ3n) is 4.00. The third kappa shape index (κ3) is 6.03. The SMILES string of the molecule is CC(=O)N[C@@H](Cc1cccs1)C(=O)N[C@@H](CC1C=CC(O)=CC1)C(=O)O. The number of carbonyl (C=O) groups excluding carboxylic acids is 2. The molecule has 1 heterocycles. The highest BCUT2D eigenvalue weighted by Gasteiger charge is 2.28. The zero-order valence-electron chi connectivity index (χ0n) is 14.3. The maximum Gasteiger partial charge on any atom is 0.326 e. The van der Waals surface area contributed by atoms with E-state index in [4.69, 9.17) is 0 Å². The summed E-state index contributed by atoms with van der Waals surface area (Å²) < 4.78 is 0. The lowest BCUT2D eigenvalue weighted by Crippen LogP contribution is -2.52. The number of nitrogens with one attached hydrogen (secondary N) is 2. The van der Waals surface area contributed by atoms with E-state index < -0.39 is 24.0 Å². The standard InChI is InChI=1S/C18H22N2O5S/c1-11(21)19-15(10-14-3-2-8-26-14)17(23)20-16(18(24)25)9-12-4-6-13(22)7-5-12/h2-4,6-8,12,15-16,22H,5,9-10H2,1H3,(H,19,21)(H,20,23)(H,24,25)/t12?,15-,16-/m0/s1. The van der Waals surface area contributed by atoms with E-state index in [1.807, 2.05) is 17.5 Å². The molecule has 0 saturated carbocycles. The van der Waals surface area contributed by atoms with Crippen molar-refractivity contribution in [1.82, 2.24) is 10.6 Å². The van der Waals surface area contributed by atoms with E-state index in [0.717, 1.165) is 4.88 Å². The van der Waals surface area contributed by atoms with Gasteiger partial charge >= 0.3 is 5.97 Å². The number of carboxylic acid groups (broad SMARTS) is 1. The van der Waals surface area contributed by atoms with Gasteiger partial charge in [0.1, 0.15) is 17.8 Å². The van der Waals surface area contributed by atoms with E-state index in [2.05, 4.69) is 10.6 Å². The Labute approximate surface area is 155 Å². The number of amides is 2. The summed E-state index contributed by atoms with van der Waals surface area (Å²) in [6, 6.07) is 1.79. The van der Waals surface area contributed by atoms with Crippen LogP contribution < -0.4 is 10.6 Å². The maximum absolute atomic E-state index is 12.6. The van der Waals surface area contributed by atoms with Crippen molar-refractivity contribution in [2.24, 2.45) is 5.92 Å². The van der Waals surface area contributed by atoms with E-state index in [0.29, 0.717) is 12.8 Å². The number of thiophene rings is 1. The molecule has 8 heteroatoms. The van der Waals surface area contributed by atoms with Gasteiger partial charge in [-0.05, 0) is 42.4 Å². The molecule has 0 spiro atoms. The van der Waals surface area contributed by atoms with E-state index >= 15 is 0 Å². The number of hydrogen-bond acceptors (Lipinski definition) is 5. The fourth-order valence-corrected chi connectivity index (χ4v) is 3.46. The van der Waals surface area contributed by atoms with Gasteiger partial charge in [-0.15, -0.1) is 11.3 Å². The topological polar surface area (TPSA) is 116 Å². The van der Waals surface area contributed by atoms with Crippen molar-refractivity contribution >= 4 is 29.1 Å². The third-order valence-corrected chi connectivity index (χ3v) is 4.90. The van der Waals surface area contributed by atoms with Gasteiger partial charge in [0.25, 0.3) is 0 Å². The number of rotatable bonds is 8. The molecular weight excluding hydrogens is 356 g/mol. The smallest absolute Gasteiger partial charge is 0.326 e. The lowest BCUT2D eigenvalue weighted by Gasteiger charge is -2.23. The minimum absolute atomic E-state index is 0.0937. The molecule has 0 radical (unpaired) electrons. The van der Waals surface area contributed by atoms with Crippen LogP contribution in [0.15, 0.2) is 41.5 Å². The van der Waals surface area contributed by atoms with Crippen LogP contribution in [0.5, 0.6) is 0 Å². The number of aliphatic hydroxyl groups is 1. The molecule has 0 saturated heterocycles. The van der Waals surface area contributed by atoms with Crippen LogP contribution in [0.2, 0.25) is 0 Å². The van der Waals surface area contributed by atoms with Gasteiger partial charge in [0.2, 0.25) is 11.8 Å². The zero-order valence-corrected chi connectivity index (χ0v) is 15.2. The quantitative estimate of drug-likeness (QED) is 0.550. The Morgan fingerprint density at radius 3 is 2.62 bits per heavy atom. The highest BCUT2D eigenvalue weighted by molar-refractivity contribution is 7.09. The minimum Gasteiger partial charge on any atom is -0.508 e. The second-order valence-corrected chi connectivity index (χ2v) is 7.19. The lowest BCUT2D eigenvalue weighted by atomic mass is 9.92. The second kappa shape index (κ2) is 9.19. The molecule has 1 aliphatic rings. The molecule has 140 valence electrons. The lowest BCUT2D eigenvalue weighted by molar-refractivity contribution is -0.142. The van der Waals surface area contributed by atoms with Crippen LogP contribution in [0.3, 0.4) is 0 Å². The molecular formula is C18H22N2O5S. The van der Waals surface area contributed by atoms with Crippen LogP contribution in [-0.4, -0.2) is 40.1 Å². The summed E-state index contributed by atoms with van der Waals surface area (Å²) in [5.41, 5.74) is 0. The van der Waals surface area contributed by atoms with Crippen LogP contribution in [0.4, 0.5) is 0 Å². The van der Waals surface area contributed by atoms with Crippen LogP contribution in [-0.2, 0) is 20.8 Å². The van der Waals surface area contributed by atoms with E-state index in [1.54, 1.807) is 12.2 Å². The fourth-order valence-electron chi connectivity index (χ4n) is 2.71. The fraction of sp³-hybridized carbons (Fsp3) is 0.389. The predicted molar refractivity (Wildman–Crippen MR) is 97.8 cm³/mol. The normalized spacial score (nSPS) is 18.5. The van der Waals surface area contributed by atoms with Crippen molar-refractivity contribution in [3.8, 4) is 0 Å². The van der Waals surface area contributed by atoms with Crippen molar-refractivity contribution in [1.29, 1.82) is 0 Å². The van der Waals surface area contributed by atoms with Gasteiger partial charge in [-0.3, -0.25) is 9.59 Å². The first-order valence-electron chi connectivity index (χ1n) is 8.25. The monoisotopic (exact) mass is 378 g/mol. The van der Waals surface area contributed by atoms with Gasteiger partial charge in [0, 0.05) is 18.2 Å². The summed E-state index contributed by atoms with van der Waals surface area (Å²) in [5, 5.41) is 25.8. The van der Waals surface area contributed by atoms with Gasteiger partial charge in [0.15, 0.2) is 0 Å². The average Bonchev–Trinajstić information content (AvgIpc) is 3.08. The van der Waals surface area contributed by atoms with E-state index in [9.17, 15) is 24.6 Å². The van der Waals surface area contributed by atoms with Crippen LogP contribution in [0, 0.1) is 5.92 Å². The summed E-state index contributed by atoms with van der Waals surface area (Å²) in [6.07, 6.45) is 5.87. The Kier molecular flexibility index (Phi) is 6.97. The first-order valence-corrected chi connectivity index (χ1v) is 9.13. The number of aliphatic hydroxyl groups excluding tert-OH is 1. The molecule has 2 amide bonds. The molecule has 2 rings (SSSR count). The van der Waals surface area contributed by atoms with Crippen molar-refractivity contribution in [3.63, 3.8) is 0 Å². The Morgan fingerprint density at radius 1 is 1.31 bits per heavy atom. The molecule has 0 aliphatic heterocycles.